The van der Waals surface area contributed by atoms with E-state index in [1.165, 1.54) is 6.08 Å². The van der Waals surface area contributed by atoms with Crippen LogP contribution in [0.1, 0.15) is 21.5 Å². The molecule has 0 radical (unpaired) electrons. The fourth-order valence-electron chi connectivity index (χ4n) is 3.10. The lowest BCUT2D eigenvalue weighted by Crippen LogP contribution is -2.44. The van der Waals surface area contributed by atoms with Crippen LogP contribution >= 0.6 is 0 Å². The molecule has 1 saturated heterocycles. The molecule has 3 rings (SSSR count). The van der Waals surface area contributed by atoms with E-state index in [0.717, 1.165) is 49.1 Å². The highest BCUT2D eigenvalue weighted by Crippen LogP contribution is 2.18. The van der Waals surface area contributed by atoms with Crippen molar-refractivity contribution in [3.8, 4) is 0 Å². The zero-order valence-corrected chi connectivity index (χ0v) is 18.9. The number of likely N-dealkylation sites (N-methyl/N-ethyl adjacent to an activating group) is 1. The summed E-state index contributed by atoms with van der Waals surface area (Å²) in [5.41, 5.74) is 3.41. The van der Waals surface area contributed by atoms with Crippen LogP contribution in [0.25, 0.3) is 12.2 Å². The molecule has 1 heterocycles. The molecule has 0 amide bonds. The number of carboxylic acid groups (broad SMARTS) is 2. The fourth-order valence-corrected chi connectivity index (χ4v) is 3.10. The second kappa shape index (κ2) is 12.5. The molecule has 0 aliphatic carbocycles. The molecule has 35 heavy (non-hydrogen) atoms. The number of ketones is 1. The minimum Gasteiger partial charge on any atom is -0.478 e. The SMILES string of the molecule is CN1CCN(c2ccc(C(=O)C=Cc3cccc(C=CC(=O)O)c3)cc2)CC1.O=C(O)C(F)(F)F. The first-order chi connectivity index (χ1) is 16.5. The third-order valence-corrected chi connectivity index (χ3v) is 5.02. The van der Waals surface area contributed by atoms with Gasteiger partial charge in [0.25, 0.3) is 0 Å². The number of hydrogen-bond donors (Lipinski definition) is 2. The lowest BCUT2D eigenvalue weighted by atomic mass is 10.1. The topological polar surface area (TPSA) is 98.2 Å². The maximum absolute atomic E-state index is 12.4. The van der Waals surface area contributed by atoms with Crippen LogP contribution in [0.2, 0.25) is 0 Å². The normalized spacial score (nSPS) is 14.6. The third kappa shape index (κ3) is 9.46. The molecule has 10 heteroatoms. The molecule has 2 aromatic rings. The lowest BCUT2D eigenvalue weighted by molar-refractivity contribution is -0.192. The molecule has 1 aliphatic rings. The van der Waals surface area contributed by atoms with E-state index < -0.39 is 18.1 Å². The Morgan fingerprint density at radius 3 is 1.86 bits per heavy atom. The summed E-state index contributed by atoms with van der Waals surface area (Å²) < 4.78 is 31.7. The molecule has 0 spiro atoms. The van der Waals surface area contributed by atoms with Crippen molar-refractivity contribution < 1.29 is 37.8 Å². The van der Waals surface area contributed by atoms with Crippen molar-refractivity contribution in [1.29, 1.82) is 0 Å². The number of anilines is 1. The summed E-state index contributed by atoms with van der Waals surface area (Å²) in [6.07, 6.45) is 0.828. The minimum absolute atomic E-state index is 0.0589. The van der Waals surface area contributed by atoms with E-state index >= 15 is 0 Å². The van der Waals surface area contributed by atoms with E-state index in [1.807, 2.05) is 48.5 Å². The monoisotopic (exact) mass is 490 g/mol. The van der Waals surface area contributed by atoms with Gasteiger partial charge in [0.05, 0.1) is 0 Å². The van der Waals surface area contributed by atoms with Crippen LogP contribution in [-0.2, 0) is 9.59 Å². The highest BCUT2D eigenvalue weighted by atomic mass is 19.4. The van der Waals surface area contributed by atoms with Gasteiger partial charge in [-0.2, -0.15) is 13.2 Å². The molecule has 0 aromatic heterocycles. The average Bonchev–Trinajstić information content (AvgIpc) is 2.82. The Kier molecular flexibility index (Phi) is 9.77. The Morgan fingerprint density at radius 1 is 0.857 bits per heavy atom. The van der Waals surface area contributed by atoms with E-state index in [9.17, 15) is 22.8 Å². The number of piperazine rings is 1. The predicted molar refractivity (Wildman–Crippen MR) is 126 cm³/mol. The van der Waals surface area contributed by atoms with Gasteiger partial charge in [-0.3, -0.25) is 4.79 Å². The second-order valence-electron chi connectivity index (χ2n) is 7.68. The van der Waals surface area contributed by atoms with Crippen molar-refractivity contribution in [2.75, 3.05) is 38.1 Å². The van der Waals surface area contributed by atoms with Crippen molar-refractivity contribution in [2.24, 2.45) is 0 Å². The highest BCUT2D eigenvalue weighted by molar-refractivity contribution is 6.07. The van der Waals surface area contributed by atoms with E-state index in [-0.39, 0.29) is 5.78 Å². The van der Waals surface area contributed by atoms with Gasteiger partial charge < -0.3 is 20.0 Å². The van der Waals surface area contributed by atoms with Gasteiger partial charge in [-0.05, 0) is 60.7 Å². The molecule has 0 unspecified atom stereocenters. The van der Waals surface area contributed by atoms with Gasteiger partial charge in [0.15, 0.2) is 5.78 Å². The Hall–Kier alpha value is -3.92. The van der Waals surface area contributed by atoms with Crippen molar-refractivity contribution in [3.05, 3.63) is 77.4 Å². The van der Waals surface area contributed by atoms with Gasteiger partial charge in [-0.25, -0.2) is 9.59 Å². The predicted octanol–water partition coefficient (Wildman–Crippen LogP) is 4.07. The van der Waals surface area contributed by atoms with Crippen LogP contribution in [-0.4, -0.2) is 72.2 Å². The summed E-state index contributed by atoms with van der Waals surface area (Å²) in [5.74, 6) is -3.81. The summed E-state index contributed by atoms with van der Waals surface area (Å²) in [6, 6.07) is 15.1. The number of aliphatic carboxylic acids is 2. The van der Waals surface area contributed by atoms with E-state index in [1.54, 1.807) is 12.2 Å². The largest absolute Gasteiger partial charge is 0.490 e. The van der Waals surface area contributed by atoms with Gasteiger partial charge in [-0.15, -0.1) is 0 Å². The standard InChI is InChI=1S/C23H24N2O3.C2HF3O2/c1-24-13-15-25(16-14-24)21-9-7-20(8-10-21)22(26)11-5-18-3-2-4-19(17-18)6-12-23(27)28;3-2(4,5)1(6)7/h2-12,17H,13-16H2,1H3,(H,27,28);(H,6,7). The number of alkyl halides is 3. The molecular weight excluding hydrogens is 465 g/mol. The number of carbonyl (C=O) groups is 3. The lowest BCUT2D eigenvalue weighted by Gasteiger charge is -2.34. The number of carboxylic acids is 2. The van der Waals surface area contributed by atoms with Crippen molar-refractivity contribution in [3.63, 3.8) is 0 Å². The highest BCUT2D eigenvalue weighted by Gasteiger charge is 2.38. The number of nitrogens with zero attached hydrogens (tertiary/aromatic N) is 2. The number of hydrogen-bond acceptors (Lipinski definition) is 5. The summed E-state index contributed by atoms with van der Waals surface area (Å²) >= 11 is 0. The van der Waals surface area contributed by atoms with Crippen LogP contribution < -0.4 is 4.90 Å². The van der Waals surface area contributed by atoms with Gasteiger partial charge in [0.2, 0.25) is 0 Å². The summed E-state index contributed by atoms with van der Waals surface area (Å²) in [5, 5.41) is 15.8. The number of halogens is 3. The maximum atomic E-state index is 12.4. The molecule has 0 saturated carbocycles. The summed E-state index contributed by atoms with van der Waals surface area (Å²) in [6.45, 7) is 4.08. The number of benzene rings is 2. The average molecular weight is 490 g/mol. The molecule has 2 N–H and O–H groups in total. The van der Waals surface area contributed by atoms with Crippen molar-refractivity contribution in [2.45, 2.75) is 6.18 Å². The quantitative estimate of drug-likeness (QED) is 0.465. The second-order valence-corrected chi connectivity index (χ2v) is 7.68. The van der Waals surface area contributed by atoms with Crippen LogP contribution in [0, 0.1) is 0 Å². The first-order valence-corrected chi connectivity index (χ1v) is 10.5. The smallest absolute Gasteiger partial charge is 0.478 e. The molecular formula is C25H25F3N2O5. The zero-order valence-electron chi connectivity index (χ0n) is 18.9. The fraction of sp³-hybridized carbons (Fsp3) is 0.240. The Balaban J connectivity index is 0.000000540. The van der Waals surface area contributed by atoms with E-state index in [2.05, 4.69) is 16.8 Å². The van der Waals surface area contributed by atoms with Crippen LogP contribution in [0.5, 0.6) is 0 Å². The molecule has 1 fully saturated rings. The molecule has 186 valence electrons. The van der Waals surface area contributed by atoms with Crippen molar-refractivity contribution >= 4 is 35.6 Å². The van der Waals surface area contributed by atoms with Crippen molar-refractivity contribution in [1.82, 2.24) is 4.90 Å². The number of rotatable bonds is 6. The third-order valence-electron chi connectivity index (χ3n) is 5.02. The van der Waals surface area contributed by atoms with E-state index in [4.69, 9.17) is 15.0 Å². The van der Waals surface area contributed by atoms with Gasteiger partial charge >= 0.3 is 18.1 Å². The molecule has 0 bridgehead atoms. The molecule has 1 aliphatic heterocycles. The van der Waals surface area contributed by atoms with Crippen LogP contribution in [0.3, 0.4) is 0 Å². The van der Waals surface area contributed by atoms with Gasteiger partial charge in [0.1, 0.15) is 0 Å². The van der Waals surface area contributed by atoms with Gasteiger partial charge in [-0.1, -0.05) is 24.3 Å². The Bertz CT molecular complexity index is 1090. The van der Waals surface area contributed by atoms with Gasteiger partial charge in [0, 0.05) is 43.5 Å². The Labute approximate surface area is 200 Å². The summed E-state index contributed by atoms with van der Waals surface area (Å²) in [7, 11) is 2.13. The van der Waals surface area contributed by atoms with E-state index in [0.29, 0.717) is 5.56 Å². The minimum atomic E-state index is -5.08. The summed E-state index contributed by atoms with van der Waals surface area (Å²) in [4.78, 5) is 36.6. The number of allylic oxidation sites excluding steroid dienone is 1. The zero-order chi connectivity index (χ0) is 26.0. The first-order valence-electron chi connectivity index (χ1n) is 10.5. The van der Waals surface area contributed by atoms with Crippen LogP contribution in [0.4, 0.5) is 18.9 Å². The molecule has 2 aromatic carbocycles. The van der Waals surface area contributed by atoms with Crippen LogP contribution in [0.15, 0.2) is 60.7 Å². The molecule has 7 nitrogen and oxygen atoms in total. The maximum Gasteiger partial charge on any atom is 0.490 e. The number of carbonyl (C=O) groups excluding carboxylic acids is 1. The first kappa shape index (κ1) is 27.3. The Morgan fingerprint density at radius 2 is 1.37 bits per heavy atom. The molecule has 0 atom stereocenters.